The van der Waals surface area contributed by atoms with E-state index in [-0.39, 0.29) is 48.7 Å². The molecule has 2 saturated heterocycles. The summed E-state index contributed by atoms with van der Waals surface area (Å²) >= 11 is 0. The number of esters is 1. The first-order valence-electron chi connectivity index (χ1n) is 15.4. The molecule has 0 spiro atoms. The molecule has 0 aromatic heterocycles. The zero-order chi connectivity index (χ0) is 26.7. The molecule has 3 aliphatic heterocycles. The summed E-state index contributed by atoms with van der Waals surface area (Å²) in [6.07, 6.45) is 20.4. The van der Waals surface area contributed by atoms with Gasteiger partial charge in [0, 0.05) is 37.9 Å². The number of benzene rings is 1. The smallest absolute Gasteiger partial charge is 0.306 e. The lowest BCUT2D eigenvalue weighted by Crippen LogP contribution is -2.31. The number of fused-ring (bicyclic) bond motifs is 1. The van der Waals surface area contributed by atoms with E-state index < -0.39 is 0 Å². The Morgan fingerprint density at radius 3 is 2.51 bits per heavy atom. The molecule has 6 heteroatoms. The SMILES string of the molecule is O=C1CCC/C=C\C[C@@H]2[C@@H](/C=C/C(CCc3ccccc3)O[C@H]3CCCCO3)[C@H](OC3CCCCO3)C[C@@H]2O1. The molecule has 5 rings (SSSR count). The molecule has 0 amide bonds. The standard InChI is InChI=1S/C33H46O6/c34-31-15-7-2-1-6-14-27-28(30(24-29(27)38-31)39-33-17-9-11-23-36-33)21-20-26(37-32-16-8-10-22-35-32)19-18-25-12-4-3-5-13-25/h1,3-6,12-13,20-21,26-30,32-33H,2,7-11,14-19,22-24H2/b6-1-,21-20+/t26?,27-,28-,29+,30-,32+,33?/m1/s1. The molecule has 1 aromatic rings. The van der Waals surface area contributed by atoms with E-state index in [9.17, 15) is 4.79 Å². The molecule has 4 aliphatic rings. The summed E-state index contributed by atoms with van der Waals surface area (Å²) in [4.78, 5) is 12.6. The lowest BCUT2D eigenvalue weighted by Gasteiger charge is -2.30. The Labute approximate surface area is 234 Å². The van der Waals surface area contributed by atoms with Crippen molar-refractivity contribution in [3.63, 3.8) is 0 Å². The Hall–Kier alpha value is -1.99. The number of rotatable bonds is 9. The van der Waals surface area contributed by atoms with Crippen molar-refractivity contribution >= 4 is 5.97 Å². The van der Waals surface area contributed by atoms with Crippen LogP contribution in [0.1, 0.15) is 82.6 Å². The number of allylic oxidation sites excluding steroid dienone is 2. The number of hydrogen-bond donors (Lipinski definition) is 0. The van der Waals surface area contributed by atoms with Gasteiger partial charge in [-0.1, -0.05) is 54.6 Å². The first kappa shape index (κ1) is 28.5. The lowest BCUT2D eigenvalue weighted by atomic mass is 9.89. The maximum absolute atomic E-state index is 12.6. The highest BCUT2D eigenvalue weighted by Gasteiger charge is 2.45. The van der Waals surface area contributed by atoms with Crippen LogP contribution in [0.5, 0.6) is 0 Å². The Balaban J connectivity index is 1.34. The van der Waals surface area contributed by atoms with Gasteiger partial charge in [-0.25, -0.2) is 0 Å². The summed E-state index contributed by atoms with van der Waals surface area (Å²) in [6, 6.07) is 10.6. The van der Waals surface area contributed by atoms with Crippen molar-refractivity contribution in [2.45, 2.75) is 114 Å². The van der Waals surface area contributed by atoms with Gasteiger partial charge in [-0.15, -0.1) is 0 Å². The third kappa shape index (κ3) is 8.75. The minimum absolute atomic E-state index is 0.0537. The number of carbonyl (C=O) groups excluding carboxylic acids is 1. The maximum atomic E-state index is 12.6. The Kier molecular flexibility index (Phi) is 11.1. The van der Waals surface area contributed by atoms with E-state index in [1.807, 2.05) is 0 Å². The average Bonchev–Trinajstić information content (AvgIpc) is 3.28. The van der Waals surface area contributed by atoms with Crippen LogP contribution in [0.3, 0.4) is 0 Å². The Morgan fingerprint density at radius 1 is 0.949 bits per heavy atom. The lowest BCUT2D eigenvalue weighted by molar-refractivity contribution is -0.193. The zero-order valence-electron chi connectivity index (χ0n) is 23.3. The largest absolute Gasteiger partial charge is 0.462 e. The molecule has 2 unspecified atom stereocenters. The summed E-state index contributed by atoms with van der Waals surface area (Å²) in [6.45, 7) is 1.51. The number of carbonyl (C=O) groups is 1. The van der Waals surface area contributed by atoms with Gasteiger partial charge in [0.15, 0.2) is 12.6 Å². The zero-order valence-corrected chi connectivity index (χ0v) is 23.3. The summed E-state index contributed by atoms with van der Waals surface area (Å²) in [5, 5.41) is 0. The fourth-order valence-corrected chi connectivity index (χ4v) is 6.35. The van der Waals surface area contributed by atoms with Crippen molar-refractivity contribution < 1.29 is 28.5 Å². The topological polar surface area (TPSA) is 63.2 Å². The number of hydrogen-bond acceptors (Lipinski definition) is 6. The Bertz CT molecular complexity index is 917. The van der Waals surface area contributed by atoms with Crippen LogP contribution in [0, 0.1) is 11.8 Å². The van der Waals surface area contributed by atoms with Crippen molar-refractivity contribution in [2.24, 2.45) is 11.8 Å². The second kappa shape index (κ2) is 15.1. The molecule has 39 heavy (non-hydrogen) atoms. The van der Waals surface area contributed by atoms with Crippen molar-refractivity contribution in [1.29, 1.82) is 0 Å². The van der Waals surface area contributed by atoms with Gasteiger partial charge in [0.1, 0.15) is 6.10 Å². The van der Waals surface area contributed by atoms with Crippen LogP contribution in [0.25, 0.3) is 0 Å². The second-order valence-corrected chi connectivity index (χ2v) is 11.5. The second-order valence-electron chi connectivity index (χ2n) is 11.5. The van der Waals surface area contributed by atoms with E-state index in [0.717, 1.165) is 83.8 Å². The van der Waals surface area contributed by atoms with Gasteiger partial charge in [0.25, 0.3) is 0 Å². The van der Waals surface area contributed by atoms with Gasteiger partial charge in [-0.2, -0.15) is 0 Å². The van der Waals surface area contributed by atoms with E-state index in [0.29, 0.717) is 12.8 Å². The predicted molar refractivity (Wildman–Crippen MR) is 150 cm³/mol. The molecule has 214 valence electrons. The first-order chi connectivity index (χ1) is 19.2. The predicted octanol–water partition coefficient (Wildman–Crippen LogP) is 6.68. The molecule has 7 atom stereocenters. The van der Waals surface area contributed by atoms with E-state index >= 15 is 0 Å². The summed E-state index contributed by atoms with van der Waals surface area (Å²) in [5.41, 5.74) is 1.31. The molecule has 1 saturated carbocycles. The molecule has 3 fully saturated rings. The van der Waals surface area contributed by atoms with Crippen molar-refractivity contribution in [2.75, 3.05) is 13.2 Å². The van der Waals surface area contributed by atoms with Gasteiger partial charge in [-0.3, -0.25) is 4.79 Å². The van der Waals surface area contributed by atoms with Gasteiger partial charge in [-0.05, 0) is 76.2 Å². The van der Waals surface area contributed by atoms with E-state index in [1.54, 1.807) is 0 Å². The molecule has 6 nitrogen and oxygen atoms in total. The highest BCUT2D eigenvalue weighted by atomic mass is 16.7. The van der Waals surface area contributed by atoms with Gasteiger partial charge in [0.05, 0.1) is 12.2 Å². The van der Waals surface area contributed by atoms with E-state index in [1.165, 1.54) is 5.56 Å². The summed E-state index contributed by atoms with van der Waals surface area (Å²) < 4.78 is 31.1. The molecular weight excluding hydrogens is 492 g/mol. The third-order valence-electron chi connectivity index (χ3n) is 8.51. The minimum Gasteiger partial charge on any atom is -0.462 e. The first-order valence-corrected chi connectivity index (χ1v) is 15.4. The monoisotopic (exact) mass is 538 g/mol. The summed E-state index contributed by atoms with van der Waals surface area (Å²) in [5.74, 6) is 0.206. The van der Waals surface area contributed by atoms with Crippen LogP contribution in [-0.4, -0.2) is 50.1 Å². The molecular formula is C33H46O6. The van der Waals surface area contributed by atoms with Crippen LogP contribution in [-0.2, 0) is 34.9 Å². The third-order valence-corrected chi connectivity index (χ3v) is 8.51. The average molecular weight is 539 g/mol. The molecule has 3 heterocycles. The fourth-order valence-electron chi connectivity index (χ4n) is 6.35. The van der Waals surface area contributed by atoms with Gasteiger partial charge in [0.2, 0.25) is 0 Å². The molecule has 0 radical (unpaired) electrons. The molecule has 0 bridgehead atoms. The normalized spacial score (nSPS) is 33.8. The van der Waals surface area contributed by atoms with Crippen LogP contribution in [0.2, 0.25) is 0 Å². The molecule has 1 aromatic carbocycles. The molecule has 0 N–H and O–H groups in total. The van der Waals surface area contributed by atoms with E-state index in [2.05, 4.69) is 54.6 Å². The van der Waals surface area contributed by atoms with Gasteiger partial charge < -0.3 is 23.7 Å². The number of aryl methyl sites for hydroxylation is 1. The Morgan fingerprint density at radius 2 is 1.74 bits per heavy atom. The summed E-state index contributed by atoms with van der Waals surface area (Å²) in [7, 11) is 0. The highest BCUT2D eigenvalue weighted by molar-refractivity contribution is 5.69. The van der Waals surface area contributed by atoms with Crippen molar-refractivity contribution in [1.82, 2.24) is 0 Å². The molecule has 1 aliphatic carbocycles. The quantitative estimate of drug-likeness (QED) is 0.258. The van der Waals surface area contributed by atoms with Gasteiger partial charge >= 0.3 is 5.97 Å². The fraction of sp³-hybridized carbons (Fsp3) is 0.667. The minimum atomic E-state index is -0.179. The van der Waals surface area contributed by atoms with Crippen LogP contribution in [0.15, 0.2) is 54.6 Å². The van der Waals surface area contributed by atoms with E-state index in [4.69, 9.17) is 23.7 Å². The van der Waals surface area contributed by atoms with Crippen LogP contribution < -0.4 is 0 Å². The van der Waals surface area contributed by atoms with Crippen LogP contribution >= 0.6 is 0 Å². The van der Waals surface area contributed by atoms with Crippen molar-refractivity contribution in [3.05, 3.63) is 60.2 Å². The highest BCUT2D eigenvalue weighted by Crippen LogP contribution is 2.41. The van der Waals surface area contributed by atoms with Crippen LogP contribution in [0.4, 0.5) is 0 Å². The van der Waals surface area contributed by atoms with Crippen molar-refractivity contribution in [3.8, 4) is 0 Å². The maximum Gasteiger partial charge on any atom is 0.306 e. The number of ether oxygens (including phenoxy) is 5.